The Morgan fingerprint density at radius 3 is 2.11 bits per heavy atom. The van der Waals surface area contributed by atoms with Crippen LogP contribution in [0.1, 0.15) is 10.4 Å². The van der Waals surface area contributed by atoms with Crippen LogP contribution in [0.4, 0.5) is 11.4 Å². The van der Waals surface area contributed by atoms with Crippen LogP contribution in [0.25, 0.3) is 0 Å². The van der Waals surface area contributed by atoms with Gasteiger partial charge in [-0.05, 0) is 36.4 Å². The van der Waals surface area contributed by atoms with Gasteiger partial charge in [0.2, 0.25) is 0 Å². The number of rotatable bonds is 3. The number of hydrogen-bond acceptors (Lipinski definition) is 2. The summed E-state index contributed by atoms with van der Waals surface area (Å²) < 4.78 is 0. The zero-order valence-corrected chi connectivity index (χ0v) is 10.6. The third-order valence-corrected chi connectivity index (χ3v) is 2.68. The van der Waals surface area contributed by atoms with Gasteiger partial charge in [-0.3, -0.25) is 4.79 Å². The first-order valence-electron chi connectivity index (χ1n) is 5.80. The number of anilines is 2. The van der Waals surface area contributed by atoms with E-state index in [0.717, 1.165) is 11.4 Å². The summed E-state index contributed by atoms with van der Waals surface area (Å²) in [5, 5.41) is 2.87. The molecule has 18 heavy (non-hydrogen) atoms. The SMILES string of the molecule is CN(C)c1ccc(NC(=O)c2ccccc2)cc1. The lowest BCUT2D eigenvalue weighted by molar-refractivity contribution is 0.102. The van der Waals surface area contributed by atoms with Gasteiger partial charge in [-0.2, -0.15) is 0 Å². The minimum absolute atomic E-state index is 0.0896. The fourth-order valence-corrected chi connectivity index (χ4v) is 1.64. The highest BCUT2D eigenvalue weighted by Gasteiger charge is 2.04. The van der Waals surface area contributed by atoms with Gasteiger partial charge in [0.15, 0.2) is 0 Å². The fraction of sp³-hybridized carbons (Fsp3) is 0.133. The topological polar surface area (TPSA) is 32.3 Å². The van der Waals surface area contributed by atoms with Crippen molar-refractivity contribution in [2.24, 2.45) is 0 Å². The highest BCUT2D eigenvalue weighted by atomic mass is 16.1. The summed E-state index contributed by atoms with van der Waals surface area (Å²) in [5.41, 5.74) is 2.57. The summed E-state index contributed by atoms with van der Waals surface area (Å²) in [7, 11) is 3.97. The maximum Gasteiger partial charge on any atom is 0.255 e. The van der Waals surface area contributed by atoms with Crippen LogP contribution in [-0.4, -0.2) is 20.0 Å². The minimum Gasteiger partial charge on any atom is -0.378 e. The van der Waals surface area contributed by atoms with E-state index >= 15 is 0 Å². The molecule has 0 spiro atoms. The van der Waals surface area contributed by atoms with Crippen molar-refractivity contribution in [3.05, 3.63) is 60.2 Å². The molecule has 0 aliphatic rings. The normalized spacial score (nSPS) is 9.89. The van der Waals surface area contributed by atoms with E-state index in [9.17, 15) is 4.79 Å². The summed E-state index contributed by atoms with van der Waals surface area (Å²) in [4.78, 5) is 13.9. The third-order valence-electron chi connectivity index (χ3n) is 2.68. The van der Waals surface area contributed by atoms with Crippen molar-refractivity contribution in [1.82, 2.24) is 0 Å². The maximum atomic E-state index is 11.9. The molecule has 0 saturated carbocycles. The Balaban J connectivity index is 2.08. The van der Waals surface area contributed by atoms with Crippen molar-refractivity contribution in [2.75, 3.05) is 24.3 Å². The van der Waals surface area contributed by atoms with Gasteiger partial charge in [0.25, 0.3) is 5.91 Å². The predicted octanol–water partition coefficient (Wildman–Crippen LogP) is 3.00. The second-order valence-electron chi connectivity index (χ2n) is 4.26. The summed E-state index contributed by atoms with van der Waals surface area (Å²) in [6.07, 6.45) is 0. The standard InChI is InChI=1S/C15H16N2O/c1-17(2)14-10-8-13(9-11-14)16-15(18)12-6-4-3-5-7-12/h3-11H,1-2H3,(H,16,18). The van der Waals surface area contributed by atoms with E-state index in [0.29, 0.717) is 5.56 Å². The van der Waals surface area contributed by atoms with Crippen molar-refractivity contribution >= 4 is 17.3 Å². The number of carbonyl (C=O) groups excluding carboxylic acids is 1. The molecule has 0 unspecified atom stereocenters. The van der Waals surface area contributed by atoms with Crippen molar-refractivity contribution in [2.45, 2.75) is 0 Å². The van der Waals surface area contributed by atoms with E-state index in [4.69, 9.17) is 0 Å². The van der Waals surface area contributed by atoms with E-state index in [1.54, 1.807) is 12.1 Å². The first-order chi connectivity index (χ1) is 8.66. The van der Waals surface area contributed by atoms with Crippen LogP contribution in [0, 0.1) is 0 Å². The number of nitrogens with one attached hydrogen (secondary N) is 1. The molecule has 0 fully saturated rings. The molecule has 0 bridgehead atoms. The van der Waals surface area contributed by atoms with Crippen LogP contribution in [0.2, 0.25) is 0 Å². The van der Waals surface area contributed by atoms with E-state index in [1.807, 2.05) is 61.5 Å². The first-order valence-corrected chi connectivity index (χ1v) is 5.80. The molecule has 3 heteroatoms. The summed E-state index contributed by atoms with van der Waals surface area (Å²) in [6.45, 7) is 0. The largest absolute Gasteiger partial charge is 0.378 e. The van der Waals surface area contributed by atoms with Gasteiger partial charge in [0.1, 0.15) is 0 Å². The molecule has 0 aliphatic carbocycles. The molecule has 2 rings (SSSR count). The maximum absolute atomic E-state index is 11.9. The Morgan fingerprint density at radius 1 is 0.944 bits per heavy atom. The van der Waals surface area contributed by atoms with Crippen molar-refractivity contribution in [3.8, 4) is 0 Å². The number of benzene rings is 2. The van der Waals surface area contributed by atoms with E-state index in [-0.39, 0.29) is 5.91 Å². The molecule has 2 aromatic carbocycles. The Hall–Kier alpha value is -2.29. The molecule has 1 N–H and O–H groups in total. The van der Waals surface area contributed by atoms with Crippen LogP contribution < -0.4 is 10.2 Å². The smallest absolute Gasteiger partial charge is 0.255 e. The Labute approximate surface area is 107 Å². The Kier molecular flexibility index (Phi) is 3.63. The van der Waals surface area contributed by atoms with E-state index in [1.165, 1.54) is 0 Å². The molecule has 0 atom stereocenters. The molecule has 0 radical (unpaired) electrons. The van der Waals surface area contributed by atoms with E-state index in [2.05, 4.69) is 5.32 Å². The van der Waals surface area contributed by atoms with Crippen LogP contribution >= 0.6 is 0 Å². The van der Waals surface area contributed by atoms with Crippen LogP contribution in [-0.2, 0) is 0 Å². The van der Waals surface area contributed by atoms with Gasteiger partial charge in [-0.1, -0.05) is 18.2 Å². The molecule has 0 saturated heterocycles. The van der Waals surface area contributed by atoms with Crippen LogP contribution in [0.15, 0.2) is 54.6 Å². The number of carbonyl (C=O) groups is 1. The van der Waals surface area contributed by atoms with Crippen LogP contribution in [0.3, 0.4) is 0 Å². The van der Waals surface area contributed by atoms with Crippen LogP contribution in [0.5, 0.6) is 0 Å². The molecule has 0 heterocycles. The molecular weight excluding hydrogens is 224 g/mol. The van der Waals surface area contributed by atoms with Crippen molar-refractivity contribution in [1.29, 1.82) is 0 Å². The first kappa shape index (κ1) is 12.2. The average Bonchev–Trinajstić information content (AvgIpc) is 2.40. The summed E-state index contributed by atoms with van der Waals surface area (Å²) in [5.74, 6) is -0.0896. The predicted molar refractivity (Wildman–Crippen MR) is 75.2 cm³/mol. The second kappa shape index (κ2) is 5.36. The van der Waals surface area contributed by atoms with E-state index < -0.39 is 0 Å². The highest BCUT2D eigenvalue weighted by Crippen LogP contribution is 2.16. The Morgan fingerprint density at radius 2 is 1.56 bits per heavy atom. The highest BCUT2D eigenvalue weighted by molar-refractivity contribution is 6.04. The zero-order chi connectivity index (χ0) is 13.0. The van der Waals surface area contributed by atoms with Gasteiger partial charge in [-0.15, -0.1) is 0 Å². The molecule has 0 aliphatic heterocycles. The zero-order valence-electron chi connectivity index (χ0n) is 10.6. The van der Waals surface area contributed by atoms with Crippen molar-refractivity contribution < 1.29 is 4.79 Å². The molecular formula is C15H16N2O. The minimum atomic E-state index is -0.0896. The molecule has 92 valence electrons. The Bertz CT molecular complexity index is 518. The van der Waals surface area contributed by atoms with Gasteiger partial charge in [0.05, 0.1) is 0 Å². The number of hydrogen-bond donors (Lipinski definition) is 1. The number of nitrogens with zero attached hydrogens (tertiary/aromatic N) is 1. The van der Waals surface area contributed by atoms with Gasteiger partial charge in [0, 0.05) is 31.0 Å². The number of amides is 1. The molecule has 3 nitrogen and oxygen atoms in total. The van der Waals surface area contributed by atoms with Gasteiger partial charge in [-0.25, -0.2) is 0 Å². The average molecular weight is 240 g/mol. The molecule has 0 aromatic heterocycles. The summed E-state index contributed by atoms with van der Waals surface area (Å²) in [6, 6.07) is 16.9. The molecule has 2 aromatic rings. The van der Waals surface area contributed by atoms with Crippen molar-refractivity contribution in [3.63, 3.8) is 0 Å². The fourth-order valence-electron chi connectivity index (χ4n) is 1.64. The van der Waals surface area contributed by atoms with Gasteiger partial charge < -0.3 is 10.2 Å². The lowest BCUT2D eigenvalue weighted by Gasteiger charge is -2.13. The summed E-state index contributed by atoms with van der Waals surface area (Å²) >= 11 is 0. The second-order valence-corrected chi connectivity index (χ2v) is 4.26. The lowest BCUT2D eigenvalue weighted by atomic mass is 10.2. The lowest BCUT2D eigenvalue weighted by Crippen LogP contribution is -2.12. The van der Waals surface area contributed by atoms with Gasteiger partial charge >= 0.3 is 0 Å². The monoisotopic (exact) mass is 240 g/mol. The third kappa shape index (κ3) is 2.88. The molecule has 1 amide bonds. The quantitative estimate of drug-likeness (QED) is 0.894.